The molecule has 1 aliphatic heterocycles. The van der Waals surface area contributed by atoms with Crippen LogP contribution in [-0.4, -0.2) is 21.7 Å². The van der Waals surface area contributed by atoms with Gasteiger partial charge in [0, 0.05) is 17.1 Å². The van der Waals surface area contributed by atoms with Crippen LogP contribution >= 0.6 is 11.3 Å². The molecule has 0 unspecified atom stereocenters. The fourth-order valence-corrected chi connectivity index (χ4v) is 6.32. The van der Waals surface area contributed by atoms with Crippen molar-refractivity contribution >= 4 is 23.4 Å². The van der Waals surface area contributed by atoms with Crippen LogP contribution in [0, 0.1) is 34.6 Å². The lowest BCUT2D eigenvalue weighted by molar-refractivity contribution is -0.139. The van der Waals surface area contributed by atoms with Crippen LogP contribution in [0.2, 0.25) is 0 Å². The highest BCUT2D eigenvalue weighted by Crippen LogP contribution is 2.31. The topological polar surface area (TPSA) is 65.6 Å². The van der Waals surface area contributed by atoms with E-state index in [4.69, 9.17) is 9.73 Å². The number of allylic oxidation sites excluding steroid dienone is 1. The summed E-state index contributed by atoms with van der Waals surface area (Å²) in [4.78, 5) is 32.3. The number of hydrogen-bond acceptors (Lipinski definition) is 5. The van der Waals surface area contributed by atoms with E-state index in [1.165, 1.54) is 22.5 Å². The zero-order chi connectivity index (χ0) is 28.0. The average Bonchev–Trinajstić information content (AvgIpc) is 3.35. The third-order valence-corrected chi connectivity index (χ3v) is 8.47. The van der Waals surface area contributed by atoms with Gasteiger partial charge in [-0.3, -0.25) is 9.36 Å². The Labute approximate surface area is 232 Å². The van der Waals surface area contributed by atoms with Crippen LogP contribution in [0.15, 0.2) is 69.6 Å². The number of esters is 1. The maximum absolute atomic E-state index is 14.0. The molecule has 7 heteroatoms. The van der Waals surface area contributed by atoms with Gasteiger partial charge in [-0.15, -0.1) is 0 Å². The molecular formula is C32H33N3O3S. The second-order valence-electron chi connectivity index (χ2n) is 10.1. The standard InChI is InChI=1S/C32H33N3O3S/c1-8-38-31(37)28-22(6)33-32-35(29(28)24-14-12-18(2)13-15-24)30(36)27(39-32)17-25-16-20(4)34(23(25)7)26-11-9-10-19(3)21(26)5/h9-17,29H,8H2,1-7H3/b27-17+/t29-/m1/s1. The van der Waals surface area contributed by atoms with Gasteiger partial charge in [0.2, 0.25) is 0 Å². The van der Waals surface area contributed by atoms with Crippen LogP contribution in [0.1, 0.15) is 59.1 Å². The molecule has 0 radical (unpaired) electrons. The van der Waals surface area contributed by atoms with E-state index in [2.05, 4.69) is 56.5 Å². The van der Waals surface area contributed by atoms with Gasteiger partial charge in [0.25, 0.3) is 5.56 Å². The van der Waals surface area contributed by atoms with E-state index in [9.17, 15) is 9.59 Å². The predicted molar refractivity (Wildman–Crippen MR) is 156 cm³/mol. The van der Waals surface area contributed by atoms with Crippen molar-refractivity contribution in [3.63, 3.8) is 0 Å². The molecule has 1 atom stereocenters. The molecule has 39 heavy (non-hydrogen) atoms. The lowest BCUT2D eigenvalue weighted by Crippen LogP contribution is -2.39. The van der Waals surface area contributed by atoms with Gasteiger partial charge in [0.15, 0.2) is 4.80 Å². The smallest absolute Gasteiger partial charge is 0.338 e. The fourth-order valence-electron chi connectivity index (χ4n) is 5.28. The molecule has 1 aliphatic rings. The van der Waals surface area contributed by atoms with Crippen molar-refractivity contribution in [3.05, 3.63) is 119 Å². The van der Waals surface area contributed by atoms with Crippen LogP contribution in [0.25, 0.3) is 11.8 Å². The Morgan fingerprint density at radius 3 is 2.46 bits per heavy atom. The van der Waals surface area contributed by atoms with Crippen LogP contribution in [-0.2, 0) is 9.53 Å². The molecule has 0 fully saturated rings. The minimum Gasteiger partial charge on any atom is -0.463 e. The number of thiazole rings is 1. The van der Waals surface area contributed by atoms with Gasteiger partial charge in [-0.25, -0.2) is 9.79 Å². The van der Waals surface area contributed by atoms with Gasteiger partial charge in [-0.1, -0.05) is 53.3 Å². The number of carbonyl (C=O) groups excluding carboxylic acids is 1. The monoisotopic (exact) mass is 539 g/mol. The van der Waals surface area contributed by atoms with Crippen molar-refractivity contribution in [3.8, 4) is 5.69 Å². The van der Waals surface area contributed by atoms with E-state index in [1.807, 2.05) is 44.2 Å². The first kappa shape index (κ1) is 26.6. The third-order valence-electron chi connectivity index (χ3n) is 7.48. The Bertz CT molecular complexity index is 1820. The first-order chi connectivity index (χ1) is 18.6. The van der Waals surface area contributed by atoms with Crippen molar-refractivity contribution in [1.29, 1.82) is 0 Å². The Morgan fingerprint density at radius 1 is 1.05 bits per heavy atom. The second-order valence-corrected chi connectivity index (χ2v) is 11.1. The zero-order valence-corrected chi connectivity index (χ0v) is 24.3. The summed E-state index contributed by atoms with van der Waals surface area (Å²) in [6.07, 6.45) is 1.95. The quantitative estimate of drug-likeness (QED) is 0.330. The molecule has 0 saturated heterocycles. The van der Waals surface area contributed by atoms with Gasteiger partial charge in [-0.2, -0.15) is 0 Å². The highest BCUT2D eigenvalue weighted by atomic mass is 32.1. The molecule has 0 bridgehead atoms. The minimum atomic E-state index is -0.606. The summed E-state index contributed by atoms with van der Waals surface area (Å²) in [7, 11) is 0. The van der Waals surface area contributed by atoms with Gasteiger partial charge in [-0.05, 0) is 88.9 Å². The Kier molecular flexibility index (Phi) is 7.03. The first-order valence-corrected chi connectivity index (χ1v) is 14.0. The van der Waals surface area contributed by atoms with E-state index < -0.39 is 12.0 Å². The van der Waals surface area contributed by atoms with Crippen molar-refractivity contribution in [2.45, 2.75) is 54.5 Å². The van der Waals surface area contributed by atoms with E-state index in [0.717, 1.165) is 33.8 Å². The molecule has 3 heterocycles. The summed E-state index contributed by atoms with van der Waals surface area (Å²) < 4.78 is 9.85. The largest absolute Gasteiger partial charge is 0.463 e. The molecule has 2 aromatic carbocycles. The summed E-state index contributed by atoms with van der Waals surface area (Å²) >= 11 is 1.35. The number of fused-ring (bicyclic) bond motifs is 1. The summed E-state index contributed by atoms with van der Waals surface area (Å²) in [5.41, 5.74) is 9.48. The minimum absolute atomic E-state index is 0.171. The SMILES string of the molecule is CCOC(=O)C1=C(C)N=c2s/c(=C/c3cc(C)n(-c4cccc(C)c4C)c3C)c(=O)n2[C@@H]1c1ccc(C)cc1. The fraction of sp³-hybridized carbons (Fsp3) is 0.281. The summed E-state index contributed by atoms with van der Waals surface area (Å²) in [6, 6.07) is 15.7. The van der Waals surface area contributed by atoms with Gasteiger partial charge >= 0.3 is 5.97 Å². The number of hydrogen-bond donors (Lipinski definition) is 0. The third kappa shape index (κ3) is 4.61. The number of aryl methyl sites for hydroxylation is 3. The number of aromatic nitrogens is 2. The van der Waals surface area contributed by atoms with Gasteiger partial charge in [0.1, 0.15) is 0 Å². The van der Waals surface area contributed by atoms with E-state index >= 15 is 0 Å². The van der Waals surface area contributed by atoms with Crippen molar-refractivity contribution in [2.24, 2.45) is 4.99 Å². The summed E-state index contributed by atoms with van der Waals surface area (Å²) in [5.74, 6) is -0.448. The molecule has 0 N–H and O–H groups in total. The maximum Gasteiger partial charge on any atom is 0.338 e. The molecular weight excluding hydrogens is 506 g/mol. The molecule has 0 saturated carbocycles. The van der Waals surface area contributed by atoms with Gasteiger partial charge in [0.05, 0.1) is 28.5 Å². The Morgan fingerprint density at radius 2 is 1.77 bits per heavy atom. The first-order valence-electron chi connectivity index (χ1n) is 13.1. The number of nitrogens with zero attached hydrogens (tertiary/aromatic N) is 3. The molecule has 0 aliphatic carbocycles. The van der Waals surface area contributed by atoms with Crippen LogP contribution in [0.3, 0.4) is 0 Å². The normalized spacial score (nSPS) is 15.4. The van der Waals surface area contributed by atoms with Gasteiger partial charge < -0.3 is 9.30 Å². The van der Waals surface area contributed by atoms with E-state index in [1.54, 1.807) is 11.5 Å². The lowest BCUT2D eigenvalue weighted by atomic mass is 9.95. The maximum atomic E-state index is 14.0. The Hall–Kier alpha value is -3.97. The predicted octanol–water partition coefficient (Wildman–Crippen LogP) is 5.13. The van der Waals surface area contributed by atoms with Crippen molar-refractivity contribution in [1.82, 2.24) is 9.13 Å². The zero-order valence-electron chi connectivity index (χ0n) is 23.5. The molecule has 0 spiro atoms. The highest BCUT2D eigenvalue weighted by molar-refractivity contribution is 7.07. The molecule has 200 valence electrons. The highest BCUT2D eigenvalue weighted by Gasteiger charge is 2.33. The summed E-state index contributed by atoms with van der Waals surface area (Å²) in [6.45, 7) is 14.3. The number of carbonyl (C=O) groups is 1. The van der Waals surface area contributed by atoms with E-state index in [0.29, 0.717) is 20.6 Å². The molecule has 6 nitrogen and oxygen atoms in total. The lowest BCUT2D eigenvalue weighted by Gasteiger charge is -2.24. The number of ether oxygens (including phenoxy) is 1. The van der Waals surface area contributed by atoms with Crippen molar-refractivity contribution < 1.29 is 9.53 Å². The molecule has 4 aromatic rings. The second kappa shape index (κ2) is 10.3. The molecule has 5 rings (SSSR count). The van der Waals surface area contributed by atoms with Crippen molar-refractivity contribution in [2.75, 3.05) is 6.61 Å². The molecule has 2 aromatic heterocycles. The van der Waals surface area contributed by atoms with Crippen LogP contribution in [0.5, 0.6) is 0 Å². The number of benzene rings is 2. The number of rotatable bonds is 5. The Balaban J connectivity index is 1.70. The summed E-state index contributed by atoms with van der Waals surface area (Å²) in [5, 5.41) is 0. The van der Waals surface area contributed by atoms with Crippen LogP contribution < -0.4 is 14.9 Å². The van der Waals surface area contributed by atoms with E-state index in [-0.39, 0.29) is 12.2 Å². The average molecular weight is 540 g/mol. The van der Waals surface area contributed by atoms with Crippen LogP contribution in [0.4, 0.5) is 0 Å². The molecule has 0 amide bonds.